The highest BCUT2D eigenvalue weighted by Gasteiger charge is 2.30. The summed E-state index contributed by atoms with van der Waals surface area (Å²) in [5.74, 6) is -0.0994. The van der Waals surface area contributed by atoms with E-state index in [-0.39, 0.29) is 17.2 Å². The molecule has 0 aliphatic carbocycles. The van der Waals surface area contributed by atoms with E-state index in [4.69, 9.17) is 4.74 Å². The number of benzene rings is 2. The van der Waals surface area contributed by atoms with Crippen molar-refractivity contribution < 1.29 is 22.7 Å². The van der Waals surface area contributed by atoms with Crippen LogP contribution in [0.2, 0.25) is 0 Å². The topological polar surface area (TPSA) is 105 Å². The molecule has 0 saturated carbocycles. The number of likely N-dealkylation sites (N-methyl/N-ethyl adjacent to an activating group) is 1. The van der Waals surface area contributed by atoms with Gasteiger partial charge in [-0.25, -0.2) is 4.31 Å². The number of ether oxygens (including phenoxy) is 1. The summed E-state index contributed by atoms with van der Waals surface area (Å²) in [4.78, 5) is 24.1. The lowest BCUT2D eigenvalue weighted by Crippen LogP contribution is -2.35. The zero-order valence-electron chi connectivity index (χ0n) is 16.0. The predicted octanol–water partition coefficient (Wildman–Crippen LogP) is 2.40. The lowest BCUT2D eigenvalue weighted by molar-refractivity contribution is -0.113. The van der Waals surface area contributed by atoms with Gasteiger partial charge in [-0.15, -0.1) is 4.40 Å². The molecule has 0 fully saturated rings. The lowest BCUT2D eigenvalue weighted by Gasteiger charge is -2.23. The van der Waals surface area contributed by atoms with Crippen molar-refractivity contribution in [3.05, 3.63) is 71.4 Å². The number of methoxy groups -OCH3 is 1. The minimum Gasteiger partial charge on any atom is -0.497 e. The van der Waals surface area contributed by atoms with Crippen molar-refractivity contribution in [2.24, 2.45) is 4.40 Å². The van der Waals surface area contributed by atoms with Crippen LogP contribution in [-0.4, -0.2) is 44.3 Å². The molecule has 0 saturated heterocycles. The van der Waals surface area contributed by atoms with Gasteiger partial charge in [0.15, 0.2) is 5.78 Å². The van der Waals surface area contributed by atoms with E-state index in [1.807, 2.05) is 0 Å². The Balaban J connectivity index is 1.91. The first-order chi connectivity index (χ1) is 13.7. The molecule has 8 nitrogen and oxygen atoms in total. The standard InChI is InChI=1S/C20H19N3O5S/c1-13(24)14-4-8-16(9-5-14)21-20(25)19-12-18(22-29(26,27)23(19)2)15-6-10-17(28-3)11-7-15/h4-12H,1-3H3,(H,21,25). The molecule has 2 aromatic rings. The van der Waals surface area contributed by atoms with Crippen molar-refractivity contribution in [2.45, 2.75) is 6.92 Å². The van der Waals surface area contributed by atoms with E-state index in [1.54, 1.807) is 48.5 Å². The highest BCUT2D eigenvalue weighted by Crippen LogP contribution is 2.22. The van der Waals surface area contributed by atoms with Gasteiger partial charge in [-0.05, 0) is 61.5 Å². The highest BCUT2D eigenvalue weighted by atomic mass is 32.2. The van der Waals surface area contributed by atoms with Gasteiger partial charge < -0.3 is 10.1 Å². The number of anilines is 1. The van der Waals surface area contributed by atoms with Crippen molar-refractivity contribution in [2.75, 3.05) is 19.5 Å². The Morgan fingerprint density at radius 2 is 1.66 bits per heavy atom. The molecule has 0 bridgehead atoms. The second kappa shape index (κ2) is 7.88. The van der Waals surface area contributed by atoms with Crippen molar-refractivity contribution in [3.8, 4) is 5.75 Å². The van der Waals surface area contributed by atoms with Crippen LogP contribution in [0.1, 0.15) is 22.8 Å². The van der Waals surface area contributed by atoms with Crippen LogP contribution in [0.15, 0.2) is 64.7 Å². The van der Waals surface area contributed by atoms with Crippen LogP contribution in [0.5, 0.6) is 5.75 Å². The van der Waals surface area contributed by atoms with Gasteiger partial charge in [0, 0.05) is 23.9 Å². The second-order valence-electron chi connectivity index (χ2n) is 6.27. The molecule has 1 aliphatic heterocycles. The number of carbonyl (C=O) groups is 2. The highest BCUT2D eigenvalue weighted by molar-refractivity contribution is 7.88. The fourth-order valence-corrected chi connectivity index (χ4v) is 3.56. The Labute approximate surface area is 168 Å². The maximum Gasteiger partial charge on any atom is 0.345 e. The fraction of sp³-hybridized carbons (Fsp3) is 0.150. The molecule has 0 unspecified atom stereocenters. The van der Waals surface area contributed by atoms with Crippen LogP contribution >= 0.6 is 0 Å². The third-order valence-corrected chi connectivity index (χ3v) is 5.66. The number of carbonyl (C=O) groups excluding carboxylic acids is 2. The van der Waals surface area contributed by atoms with Crippen LogP contribution in [0, 0.1) is 0 Å². The molecule has 0 aromatic heterocycles. The van der Waals surface area contributed by atoms with Gasteiger partial charge in [0.2, 0.25) is 0 Å². The normalized spacial score (nSPS) is 15.2. The molecular formula is C20H19N3O5S. The number of hydrogen-bond acceptors (Lipinski definition) is 5. The van der Waals surface area contributed by atoms with Crippen molar-refractivity contribution >= 4 is 33.3 Å². The summed E-state index contributed by atoms with van der Waals surface area (Å²) in [6.07, 6.45) is 1.40. The maximum absolute atomic E-state index is 12.7. The monoisotopic (exact) mass is 413 g/mol. The van der Waals surface area contributed by atoms with Crippen LogP contribution < -0.4 is 10.1 Å². The molecule has 1 N–H and O–H groups in total. The summed E-state index contributed by atoms with van der Waals surface area (Å²) >= 11 is 0. The largest absolute Gasteiger partial charge is 0.497 e. The van der Waals surface area contributed by atoms with Gasteiger partial charge in [-0.3, -0.25) is 9.59 Å². The van der Waals surface area contributed by atoms with Crippen molar-refractivity contribution in [1.82, 2.24) is 4.31 Å². The number of hydrogen-bond donors (Lipinski definition) is 1. The van der Waals surface area contributed by atoms with E-state index in [9.17, 15) is 18.0 Å². The van der Waals surface area contributed by atoms with Crippen LogP contribution in [0.3, 0.4) is 0 Å². The molecule has 0 atom stereocenters. The van der Waals surface area contributed by atoms with Gasteiger partial charge in [0.05, 0.1) is 12.8 Å². The quantitative estimate of drug-likeness (QED) is 0.758. The van der Waals surface area contributed by atoms with E-state index in [2.05, 4.69) is 9.71 Å². The van der Waals surface area contributed by atoms with Crippen LogP contribution in [0.25, 0.3) is 0 Å². The minimum atomic E-state index is -4.06. The molecule has 1 amide bonds. The molecule has 2 aromatic carbocycles. The van der Waals surface area contributed by atoms with E-state index < -0.39 is 16.1 Å². The van der Waals surface area contributed by atoms with Crippen molar-refractivity contribution in [1.29, 1.82) is 0 Å². The van der Waals surface area contributed by atoms with E-state index in [0.717, 1.165) is 4.31 Å². The lowest BCUT2D eigenvalue weighted by atomic mass is 10.1. The zero-order chi connectivity index (χ0) is 21.2. The van der Waals surface area contributed by atoms with Gasteiger partial charge in [0.25, 0.3) is 5.91 Å². The molecule has 29 heavy (non-hydrogen) atoms. The van der Waals surface area contributed by atoms with Crippen molar-refractivity contribution in [3.63, 3.8) is 0 Å². The zero-order valence-corrected chi connectivity index (χ0v) is 16.9. The molecular weight excluding hydrogens is 394 g/mol. The number of ketones is 1. The first kappa shape index (κ1) is 20.3. The Hall–Kier alpha value is -3.46. The maximum atomic E-state index is 12.7. The predicted molar refractivity (Wildman–Crippen MR) is 109 cm³/mol. The SMILES string of the molecule is COc1ccc(C2=NS(=O)(=O)N(C)C(C(=O)Nc3ccc(C(C)=O)cc3)=C2)cc1. The average molecular weight is 413 g/mol. The van der Waals surface area contributed by atoms with Gasteiger partial charge in [-0.1, -0.05) is 0 Å². The first-order valence-electron chi connectivity index (χ1n) is 8.58. The molecule has 0 radical (unpaired) electrons. The Bertz CT molecular complexity index is 1120. The number of rotatable bonds is 5. The number of nitrogens with zero attached hydrogens (tertiary/aromatic N) is 2. The molecule has 9 heteroatoms. The van der Waals surface area contributed by atoms with Gasteiger partial charge >= 0.3 is 10.2 Å². The average Bonchev–Trinajstić information content (AvgIpc) is 2.70. The number of allylic oxidation sites excluding steroid dienone is 1. The van der Waals surface area contributed by atoms with E-state index >= 15 is 0 Å². The van der Waals surface area contributed by atoms with E-state index in [1.165, 1.54) is 27.2 Å². The number of nitrogens with one attached hydrogen (secondary N) is 1. The molecule has 3 rings (SSSR count). The Morgan fingerprint density at radius 3 is 2.21 bits per heavy atom. The van der Waals surface area contributed by atoms with E-state index in [0.29, 0.717) is 22.6 Å². The molecule has 1 aliphatic rings. The third kappa shape index (κ3) is 4.35. The van der Waals surface area contributed by atoms with Crippen LogP contribution in [-0.2, 0) is 15.0 Å². The van der Waals surface area contributed by atoms with Gasteiger partial charge in [-0.2, -0.15) is 8.42 Å². The summed E-state index contributed by atoms with van der Waals surface area (Å²) in [5, 5.41) is 2.64. The number of amides is 1. The Kier molecular flexibility index (Phi) is 5.51. The molecule has 1 heterocycles. The van der Waals surface area contributed by atoms with Crippen LogP contribution in [0.4, 0.5) is 5.69 Å². The smallest absolute Gasteiger partial charge is 0.345 e. The fourth-order valence-electron chi connectivity index (χ4n) is 2.65. The Morgan fingerprint density at radius 1 is 1.03 bits per heavy atom. The summed E-state index contributed by atoms with van der Waals surface area (Å²) in [5.41, 5.74) is 1.52. The summed E-state index contributed by atoms with van der Waals surface area (Å²) in [6, 6.07) is 13.0. The third-order valence-electron chi connectivity index (χ3n) is 4.34. The summed E-state index contributed by atoms with van der Waals surface area (Å²) < 4.78 is 34.5. The van der Waals surface area contributed by atoms with Gasteiger partial charge in [0.1, 0.15) is 11.4 Å². The molecule has 0 spiro atoms. The summed E-state index contributed by atoms with van der Waals surface area (Å²) in [6.45, 7) is 1.44. The second-order valence-corrected chi connectivity index (χ2v) is 7.89. The summed E-state index contributed by atoms with van der Waals surface area (Å²) in [7, 11) is -1.28. The first-order valence-corrected chi connectivity index (χ1v) is 9.98. The minimum absolute atomic E-state index is 0.0820. The molecule has 150 valence electrons. The number of Topliss-reactive ketones (excluding diaryl/α,β-unsaturated/α-hetero) is 1.